The van der Waals surface area contributed by atoms with Crippen LogP contribution in [0.5, 0.6) is 34.5 Å². The molecule has 71 heavy (non-hydrogen) atoms. The van der Waals surface area contributed by atoms with E-state index in [1.54, 1.807) is 24.3 Å². The lowest BCUT2D eigenvalue weighted by Crippen LogP contribution is -2.10. The summed E-state index contributed by atoms with van der Waals surface area (Å²) in [5.74, 6) is 3.57. The molecule has 10 rings (SSSR count). The maximum Gasteiger partial charge on any atom is 0.206 e. The van der Waals surface area contributed by atoms with Gasteiger partial charge in [-0.2, -0.15) is 0 Å². The van der Waals surface area contributed by atoms with Crippen LogP contribution >= 0.6 is 0 Å². The summed E-state index contributed by atoms with van der Waals surface area (Å²) in [6.07, 6.45) is 0. The van der Waals surface area contributed by atoms with Crippen LogP contribution < -0.4 is 28.4 Å². The maximum atomic E-state index is 13.7. The third-order valence-corrected chi connectivity index (χ3v) is 14.0. The Kier molecular flexibility index (Phi) is 14.0. The highest BCUT2D eigenvalue weighted by Crippen LogP contribution is 2.47. The molecule has 0 aliphatic heterocycles. The summed E-state index contributed by atoms with van der Waals surface area (Å²) in [5.41, 5.74) is 3.50. The molecule has 0 amide bonds. The van der Waals surface area contributed by atoms with E-state index < -0.39 is 9.84 Å². The average Bonchev–Trinajstić information content (AvgIpc) is 3.42. The molecule has 0 aliphatic carbocycles. The van der Waals surface area contributed by atoms with E-state index in [1.165, 1.54) is 24.3 Å². The molecule has 0 unspecified atom stereocenters. The van der Waals surface area contributed by atoms with E-state index in [2.05, 4.69) is 48.5 Å². The molecular formula is C60H50O10S. The number of aliphatic hydroxyl groups is 2. The minimum atomic E-state index is -3.85. The highest BCUT2D eigenvalue weighted by atomic mass is 32.2. The van der Waals surface area contributed by atoms with Crippen molar-refractivity contribution in [3.63, 3.8) is 0 Å². The van der Waals surface area contributed by atoms with E-state index in [9.17, 15) is 18.6 Å². The number of hydrogen-bond acceptors (Lipinski definition) is 10. The molecule has 10 aromatic rings. The number of sulfone groups is 1. The molecule has 0 heterocycles. The predicted octanol–water partition coefficient (Wildman–Crippen LogP) is 12.1. The number of ether oxygens (including phenoxy) is 6. The molecule has 0 spiro atoms. The fourth-order valence-electron chi connectivity index (χ4n) is 9.02. The molecule has 2 N–H and O–H groups in total. The summed E-state index contributed by atoms with van der Waals surface area (Å²) in [6.45, 7) is 0.873. The normalized spacial score (nSPS) is 11.5. The largest absolute Gasteiger partial charge is 0.491 e. The zero-order valence-corrected chi connectivity index (χ0v) is 39.5. The Morgan fingerprint density at radius 2 is 0.563 bits per heavy atom. The van der Waals surface area contributed by atoms with Crippen LogP contribution in [0.15, 0.2) is 204 Å². The lowest BCUT2D eigenvalue weighted by Gasteiger charge is -2.19. The van der Waals surface area contributed by atoms with Gasteiger partial charge in [0, 0.05) is 22.3 Å². The van der Waals surface area contributed by atoms with Crippen LogP contribution in [0.3, 0.4) is 0 Å². The van der Waals surface area contributed by atoms with Crippen molar-refractivity contribution in [2.45, 2.75) is 9.79 Å². The van der Waals surface area contributed by atoms with Crippen LogP contribution in [0.1, 0.15) is 0 Å². The first-order chi connectivity index (χ1) is 34.9. The summed E-state index contributed by atoms with van der Waals surface area (Å²) in [5, 5.41) is 27.4. The molecule has 10 aromatic carbocycles. The third-order valence-electron chi connectivity index (χ3n) is 12.2. The molecule has 11 heteroatoms. The summed E-state index contributed by atoms with van der Waals surface area (Å²) in [6, 6.07) is 60.9. The van der Waals surface area contributed by atoms with Gasteiger partial charge in [0.25, 0.3) is 0 Å². The summed E-state index contributed by atoms with van der Waals surface area (Å²) in [7, 11) is -3.85. The minimum absolute atomic E-state index is 0.119. The van der Waals surface area contributed by atoms with E-state index in [-0.39, 0.29) is 62.6 Å². The van der Waals surface area contributed by atoms with Gasteiger partial charge in [0.1, 0.15) is 74.1 Å². The Bertz CT molecular complexity index is 3360. The van der Waals surface area contributed by atoms with Gasteiger partial charge in [-0.05, 0) is 116 Å². The van der Waals surface area contributed by atoms with E-state index >= 15 is 0 Å². The fraction of sp³-hybridized carbons (Fsp3) is 0.133. The number of hydrogen-bond donors (Lipinski definition) is 2. The van der Waals surface area contributed by atoms with Gasteiger partial charge in [0.2, 0.25) is 9.84 Å². The number of benzene rings is 10. The fourth-order valence-corrected chi connectivity index (χ4v) is 10.3. The molecule has 0 aliphatic rings. The second-order valence-electron chi connectivity index (χ2n) is 16.6. The van der Waals surface area contributed by atoms with Crippen LogP contribution in [0.4, 0.5) is 0 Å². The smallest absolute Gasteiger partial charge is 0.206 e. The standard InChI is InChI=1S/C60H50O10S/c61-33-35-67-53-29-17-41-9-1-5-13-49(41)57(53)59-51-15-7-3-11-43(51)19-31-55(59)69-39-37-65-45-21-25-47(26-22-45)71(63,64)48-27-23-46(24-28-48)66-38-40-70-56-32-20-44-12-4-8-16-52(44)60(56)58-50-14-6-2-10-42(50)18-30-54(58)68-36-34-62/h1-32,61-62H,33-40H2. The molecule has 0 bridgehead atoms. The van der Waals surface area contributed by atoms with Gasteiger partial charge in [0.15, 0.2) is 0 Å². The van der Waals surface area contributed by atoms with Crippen molar-refractivity contribution in [3.05, 3.63) is 194 Å². The van der Waals surface area contributed by atoms with E-state index in [1.807, 2.05) is 97.1 Å². The van der Waals surface area contributed by atoms with Crippen molar-refractivity contribution in [2.75, 3.05) is 52.9 Å². The van der Waals surface area contributed by atoms with Crippen LogP contribution in [0.25, 0.3) is 65.3 Å². The van der Waals surface area contributed by atoms with Crippen molar-refractivity contribution in [3.8, 4) is 56.8 Å². The Morgan fingerprint density at radius 1 is 0.296 bits per heavy atom. The quantitative estimate of drug-likeness (QED) is 0.0712. The van der Waals surface area contributed by atoms with Crippen LogP contribution in [-0.4, -0.2) is 71.5 Å². The van der Waals surface area contributed by atoms with Gasteiger partial charge in [0.05, 0.1) is 23.0 Å². The second-order valence-corrected chi connectivity index (χ2v) is 18.6. The van der Waals surface area contributed by atoms with E-state index in [4.69, 9.17) is 28.4 Å². The SMILES string of the molecule is O=S(=O)(c1ccc(OCCOc2ccc3ccccc3c2-c2c(OCCO)ccc3ccccc23)cc1)c1ccc(OCCOc2ccc3ccccc3c2-c2c(OCCO)ccc3ccccc23)cc1. The molecule has 0 radical (unpaired) electrons. The molecule has 0 fully saturated rings. The Balaban J connectivity index is 0.783. The van der Waals surface area contributed by atoms with Crippen molar-refractivity contribution in [2.24, 2.45) is 0 Å². The molecule has 0 atom stereocenters. The monoisotopic (exact) mass is 962 g/mol. The van der Waals surface area contributed by atoms with Gasteiger partial charge in [-0.25, -0.2) is 8.42 Å². The second kappa shape index (κ2) is 21.3. The van der Waals surface area contributed by atoms with Crippen LogP contribution in [0, 0.1) is 0 Å². The summed E-state index contributed by atoms with van der Waals surface area (Å²) in [4.78, 5) is 0.251. The molecule has 0 saturated heterocycles. The van der Waals surface area contributed by atoms with Gasteiger partial charge in [-0.3, -0.25) is 0 Å². The highest BCUT2D eigenvalue weighted by Gasteiger charge is 2.22. The first-order valence-electron chi connectivity index (χ1n) is 23.4. The maximum absolute atomic E-state index is 13.7. The van der Waals surface area contributed by atoms with Crippen molar-refractivity contribution in [1.29, 1.82) is 0 Å². The van der Waals surface area contributed by atoms with Gasteiger partial charge < -0.3 is 38.6 Å². The van der Waals surface area contributed by atoms with Gasteiger partial charge >= 0.3 is 0 Å². The molecule has 356 valence electrons. The molecule has 0 saturated carbocycles. The zero-order valence-electron chi connectivity index (χ0n) is 38.7. The first kappa shape index (κ1) is 46.6. The molecule has 0 aromatic heterocycles. The number of fused-ring (bicyclic) bond motifs is 4. The Morgan fingerprint density at radius 3 is 0.859 bits per heavy atom. The lowest BCUT2D eigenvalue weighted by molar-refractivity contribution is 0.202. The molecule has 10 nitrogen and oxygen atoms in total. The summed E-state index contributed by atoms with van der Waals surface area (Å²) >= 11 is 0. The van der Waals surface area contributed by atoms with E-state index in [0.29, 0.717) is 34.5 Å². The lowest BCUT2D eigenvalue weighted by atomic mass is 9.92. The minimum Gasteiger partial charge on any atom is -0.491 e. The topological polar surface area (TPSA) is 130 Å². The molecular weight excluding hydrogens is 913 g/mol. The van der Waals surface area contributed by atoms with Crippen molar-refractivity contribution < 1.29 is 47.1 Å². The Hall–Kier alpha value is -8.09. The predicted molar refractivity (Wildman–Crippen MR) is 279 cm³/mol. The van der Waals surface area contributed by atoms with Crippen LogP contribution in [-0.2, 0) is 9.84 Å². The van der Waals surface area contributed by atoms with Gasteiger partial charge in [-0.1, -0.05) is 121 Å². The first-order valence-corrected chi connectivity index (χ1v) is 24.9. The highest BCUT2D eigenvalue weighted by molar-refractivity contribution is 7.91. The number of rotatable bonds is 20. The van der Waals surface area contributed by atoms with Crippen molar-refractivity contribution >= 4 is 52.9 Å². The Labute approximate surface area is 411 Å². The number of aliphatic hydroxyl groups excluding tert-OH is 2. The third kappa shape index (κ3) is 9.89. The zero-order chi connectivity index (χ0) is 48.6. The van der Waals surface area contributed by atoms with Crippen LogP contribution in [0.2, 0.25) is 0 Å². The average molecular weight is 963 g/mol. The summed E-state index contributed by atoms with van der Waals surface area (Å²) < 4.78 is 64.6. The van der Waals surface area contributed by atoms with Gasteiger partial charge in [-0.15, -0.1) is 0 Å². The van der Waals surface area contributed by atoms with E-state index in [0.717, 1.165) is 65.3 Å². The van der Waals surface area contributed by atoms with Crippen molar-refractivity contribution in [1.82, 2.24) is 0 Å².